The second-order valence-corrected chi connectivity index (χ2v) is 9.58. The maximum absolute atomic E-state index is 12.5. The lowest BCUT2D eigenvalue weighted by molar-refractivity contribution is -0.121. The van der Waals surface area contributed by atoms with Crippen molar-refractivity contribution < 1.29 is 9.53 Å². The van der Waals surface area contributed by atoms with Crippen LogP contribution < -0.4 is 10.1 Å². The van der Waals surface area contributed by atoms with E-state index in [1.54, 1.807) is 6.08 Å². The van der Waals surface area contributed by atoms with Gasteiger partial charge in [-0.15, -0.1) is 0 Å². The van der Waals surface area contributed by atoms with Gasteiger partial charge in [-0.2, -0.15) is 0 Å². The fourth-order valence-electron chi connectivity index (χ4n) is 6.22. The van der Waals surface area contributed by atoms with Gasteiger partial charge in [0.2, 0.25) is 5.91 Å². The van der Waals surface area contributed by atoms with Crippen LogP contribution in [0, 0.1) is 23.2 Å². The molecule has 0 radical (unpaired) electrons. The highest BCUT2D eigenvalue weighted by atomic mass is 16.5. The Kier molecular flexibility index (Phi) is 5.05. The highest BCUT2D eigenvalue weighted by Crippen LogP contribution is 2.61. The summed E-state index contributed by atoms with van der Waals surface area (Å²) < 4.78 is 5.66. The number of amides is 1. The summed E-state index contributed by atoms with van der Waals surface area (Å²) in [5, 5.41) is 3.29. The number of nitrogens with one attached hydrogen (secondary N) is 1. The minimum absolute atomic E-state index is 0.0285. The number of hydrogen-bond acceptors (Lipinski definition) is 2. The molecule has 1 N–H and O–H groups in total. The lowest BCUT2D eigenvalue weighted by Crippen LogP contribution is -2.55. The molecule has 4 aliphatic rings. The van der Waals surface area contributed by atoms with Crippen LogP contribution in [-0.4, -0.2) is 18.1 Å². The minimum atomic E-state index is 0.0285. The van der Waals surface area contributed by atoms with Crippen LogP contribution >= 0.6 is 0 Å². The zero-order valence-electron chi connectivity index (χ0n) is 16.9. The molecule has 146 valence electrons. The molecule has 5 rings (SSSR count). The Morgan fingerprint density at radius 3 is 2.11 bits per heavy atom. The second kappa shape index (κ2) is 7.33. The van der Waals surface area contributed by atoms with Crippen molar-refractivity contribution in [2.75, 3.05) is 0 Å². The standard InChI is InChI=1S/C24H33NO2/c1-16(2)27-22-7-4-18(5-8-22)6-9-23(26)25-17(3)24-13-19-10-20(14-24)12-21(11-19)15-24/h4-9,16-17,19-21H,10-15H2,1-3H3,(H,25,26). The van der Waals surface area contributed by atoms with E-state index in [2.05, 4.69) is 12.2 Å². The van der Waals surface area contributed by atoms with Crippen molar-refractivity contribution in [3.63, 3.8) is 0 Å². The molecule has 0 saturated heterocycles. The molecule has 4 bridgehead atoms. The zero-order chi connectivity index (χ0) is 19.0. The molecule has 4 saturated carbocycles. The Morgan fingerprint density at radius 2 is 1.59 bits per heavy atom. The highest BCUT2D eigenvalue weighted by Gasteiger charge is 2.53. The molecule has 0 aromatic heterocycles. The molecule has 3 heteroatoms. The molecular weight excluding hydrogens is 334 g/mol. The highest BCUT2D eigenvalue weighted by molar-refractivity contribution is 5.91. The third-order valence-electron chi connectivity index (χ3n) is 7.04. The van der Waals surface area contributed by atoms with E-state index in [0.29, 0.717) is 5.41 Å². The Labute approximate surface area is 163 Å². The topological polar surface area (TPSA) is 38.3 Å². The summed E-state index contributed by atoms with van der Waals surface area (Å²) in [7, 11) is 0. The van der Waals surface area contributed by atoms with E-state index < -0.39 is 0 Å². The first-order valence-corrected chi connectivity index (χ1v) is 10.7. The number of carbonyl (C=O) groups excluding carboxylic acids is 1. The molecule has 1 aromatic carbocycles. The molecule has 27 heavy (non-hydrogen) atoms. The van der Waals surface area contributed by atoms with Crippen LogP contribution in [0.3, 0.4) is 0 Å². The summed E-state index contributed by atoms with van der Waals surface area (Å²) >= 11 is 0. The van der Waals surface area contributed by atoms with E-state index in [4.69, 9.17) is 4.74 Å². The van der Waals surface area contributed by atoms with Gasteiger partial charge in [0.05, 0.1) is 6.10 Å². The summed E-state index contributed by atoms with van der Waals surface area (Å²) in [5.41, 5.74) is 1.37. The van der Waals surface area contributed by atoms with Crippen LogP contribution in [0.1, 0.15) is 64.9 Å². The number of ether oxygens (including phenoxy) is 1. The fraction of sp³-hybridized carbons (Fsp3) is 0.625. The van der Waals surface area contributed by atoms with E-state index in [1.807, 2.05) is 44.2 Å². The molecule has 1 amide bonds. The number of rotatable bonds is 6. The summed E-state index contributed by atoms with van der Waals surface area (Å²) in [6.07, 6.45) is 12.0. The van der Waals surface area contributed by atoms with Gasteiger partial charge in [-0.3, -0.25) is 4.79 Å². The Bertz CT molecular complexity index is 668. The molecular formula is C24H33NO2. The molecule has 1 atom stereocenters. The van der Waals surface area contributed by atoms with Crippen molar-refractivity contribution in [2.45, 2.75) is 71.4 Å². The van der Waals surface area contributed by atoms with Crippen LogP contribution in [0.15, 0.2) is 30.3 Å². The van der Waals surface area contributed by atoms with Gasteiger partial charge in [-0.1, -0.05) is 12.1 Å². The van der Waals surface area contributed by atoms with Crippen molar-refractivity contribution in [1.82, 2.24) is 5.32 Å². The van der Waals surface area contributed by atoms with Crippen LogP contribution in [0.2, 0.25) is 0 Å². The smallest absolute Gasteiger partial charge is 0.244 e. The summed E-state index contributed by atoms with van der Waals surface area (Å²) in [4.78, 5) is 12.5. The molecule has 1 aromatic rings. The number of benzene rings is 1. The molecule has 0 heterocycles. The molecule has 4 fully saturated rings. The van der Waals surface area contributed by atoms with Crippen molar-refractivity contribution in [1.29, 1.82) is 0 Å². The first-order valence-electron chi connectivity index (χ1n) is 10.7. The molecule has 1 unspecified atom stereocenters. The zero-order valence-corrected chi connectivity index (χ0v) is 16.9. The molecule has 0 spiro atoms. The Balaban J connectivity index is 1.34. The van der Waals surface area contributed by atoms with Gasteiger partial charge in [0.15, 0.2) is 0 Å². The van der Waals surface area contributed by atoms with Crippen LogP contribution in [0.25, 0.3) is 6.08 Å². The Hall–Kier alpha value is -1.77. The van der Waals surface area contributed by atoms with Gasteiger partial charge in [0, 0.05) is 12.1 Å². The summed E-state index contributed by atoms with van der Waals surface area (Å²) in [5.74, 6) is 3.64. The van der Waals surface area contributed by atoms with Crippen molar-refractivity contribution in [2.24, 2.45) is 23.2 Å². The van der Waals surface area contributed by atoms with Crippen molar-refractivity contribution in [3.8, 4) is 5.75 Å². The molecule has 0 aliphatic heterocycles. The third kappa shape index (κ3) is 4.07. The van der Waals surface area contributed by atoms with Crippen LogP contribution in [0.4, 0.5) is 0 Å². The second-order valence-electron chi connectivity index (χ2n) is 9.58. The predicted octanol–water partition coefficient (Wildman–Crippen LogP) is 5.21. The van der Waals surface area contributed by atoms with Gasteiger partial charge < -0.3 is 10.1 Å². The van der Waals surface area contributed by atoms with E-state index in [0.717, 1.165) is 29.1 Å². The maximum atomic E-state index is 12.5. The van der Waals surface area contributed by atoms with Crippen molar-refractivity contribution >= 4 is 12.0 Å². The molecule has 4 aliphatic carbocycles. The van der Waals surface area contributed by atoms with Crippen LogP contribution in [-0.2, 0) is 4.79 Å². The molecule has 3 nitrogen and oxygen atoms in total. The first kappa shape index (κ1) is 18.6. The van der Waals surface area contributed by atoms with Crippen LogP contribution in [0.5, 0.6) is 5.75 Å². The maximum Gasteiger partial charge on any atom is 0.244 e. The van der Waals surface area contributed by atoms with E-state index in [-0.39, 0.29) is 18.1 Å². The summed E-state index contributed by atoms with van der Waals surface area (Å²) in [6.45, 7) is 6.27. The number of hydrogen-bond donors (Lipinski definition) is 1. The lowest BCUT2D eigenvalue weighted by Gasteiger charge is -2.59. The summed E-state index contributed by atoms with van der Waals surface area (Å²) in [6, 6.07) is 8.16. The SMILES string of the molecule is CC(C)Oc1ccc(C=CC(=O)NC(C)C23CC4CC(CC(C4)C2)C3)cc1. The Morgan fingerprint density at radius 1 is 1.04 bits per heavy atom. The van der Waals surface area contributed by atoms with Gasteiger partial charge in [-0.25, -0.2) is 0 Å². The van der Waals surface area contributed by atoms with Crippen molar-refractivity contribution in [3.05, 3.63) is 35.9 Å². The van der Waals surface area contributed by atoms with E-state index in [9.17, 15) is 4.79 Å². The van der Waals surface area contributed by atoms with Gasteiger partial charge in [0.25, 0.3) is 0 Å². The average Bonchev–Trinajstić information content (AvgIpc) is 2.59. The van der Waals surface area contributed by atoms with Gasteiger partial charge in [0.1, 0.15) is 5.75 Å². The lowest BCUT2D eigenvalue weighted by atomic mass is 9.48. The van der Waals surface area contributed by atoms with Gasteiger partial charge >= 0.3 is 0 Å². The normalized spacial score (nSPS) is 32.8. The largest absolute Gasteiger partial charge is 0.491 e. The quantitative estimate of drug-likeness (QED) is 0.701. The number of carbonyl (C=O) groups is 1. The van der Waals surface area contributed by atoms with E-state index in [1.165, 1.54) is 38.5 Å². The fourth-order valence-corrected chi connectivity index (χ4v) is 6.22. The predicted molar refractivity (Wildman–Crippen MR) is 109 cm³/mol. The van der Waals surface area contributed by atoms with Gasteiger partial charge in [-0.05, 0) is 106 Å². The van der Waals surface area contributed by atoms with E-state index >= 15 is 0 Å². The third-order valence-corrected chi connectivity index (χ3v) is 7.04. The average molecular weight is 368 g/mol. The minimum Gasteiger partial charge on any atom is -0.491 e. The first-order chi connectivity index (χ1) is 12.9. The monoisotopic (exact) mass is 367 g/mol.